The van der Waals surface area contributed by atoms with Gasteiger partial charge in [-0.25, -0.2) is 4.98 Å². The van der Waals surface area contributed by atoms with E-state index in [-0.39, 0.29) is 11.8 Å². The molecular formula is C15H11N3O2S. The summed E-state index contributed by atoms with van der Waals surface area (Å²) in [5.41, 5.74) is 8.32. The van der Waals surface area contributed by atoms with Crippen molar-refractivity contribution in [2.24, 2.45) is 0 Å². The monoisotopic (exact) mass is 297 g/mol. The Morgan fingerprint density at radius 3 is 2.38 bits per heavy atom. The van der Waals surface area contributed by atoms with E-state index in [4.69, 9.17) is 0 Å². The van der Waals surface area contributed by atoms with Crippen LogP contribution in [0.4, 0.5) is 0 Å². The van der Waals surface area contributed by atoms with E-state index in [1.807, 2.05) is 6.07 Å². The molecule has 1 heterocycles. The summed E-state index contributed by atoms with van der Waals surface area (Å²) in [4.78, 5) is 28.0. The number of hydrogen-bond acceptors (Lipinski definition) is 4. The lowest BCUT2D eigenvalue weighted by atomic mass is 10.2. The van der Waals surface area contributed by atoms with Gasteiger partial charge in [0.05, 0.1) is 15.7 Å². The van der Waals surface area contributed by atoms with Crippen LogP contribution in [0.3, 0.4) is 0 Å². The topological polar surface area (TPSA) is 71.1 Å². The minimum atomic E-state index is -0.366. The van der Waals surface area contributed by atoms with Crippen LogP contribution in [0.2, 0.25) is 0 Å². The van der Waals surface area contributed by atoms with Gasteiger partial charge in [-0.2, -0.15) is 0 Å². The van der Waals surface area contributed by atoms with E-state index in [2.05, 4.69) is 15.8 Å². The normalized spacial score (nSPS) is 10.3. The van der Waals surface area contributed by atoms with Crippen molar-refractivity contribution in [2.75, 3.05) is 0 Å². The number of rotatable bonds is 2. The van der Waals surface area contributed by atoms with E-state index in [1.165, 1.54) is 11.3 Å². The summed E-state index contributed by atoms with van der Waals surface area (Å²) in [6, 6.07) is 13.9. The van der Waals surface area contributed by atoms with Gasteiger partial charge in [0.15, 0.2) is 0 Å². The number of thiazole rings is 1. The van der Waals surface area contributed by atoms with Crippen molar-refractivity contribution < 1.29 is 9.59 Å². The Kier molecular flexibility index (Phi) is 3.61. The molecule has 21 heavy (non-hydrogen) atoms. The Bertz CT molecular complexity index is 799. The lowest BCUT2D eigenvalue weighted by Crippen LogP contribution is -2.41. The van der Waals surface area contributed by atoms with Crippen molar-refractivity contribution >= 4 is 33.4 Å². The number of nitrogens with zero attached hydrogens (tertiary/aromatic N) is 1. The molecule has 0 spiro atoms. The Labute approximate surface area is 124 Å². The van der Waals surface area contributed by atoms with E-state index in [0.29, 0.717) is 11.1 Å². The fourth-order valence-corrected chi connectivity index (χ4v) is 2.56. The van der Waals surface area contributed by atoms with E-state index < -0.39 is 0 Å². The third kappa shape index (κ3) is 2.90. The van der Waals surface area contributed by atoms with E-state index >= 15 is 0 Å². The minimum Gasteiger partial charge on any atom is -0.267 e. The smallest absolute Gasteiger partial charge is 0.267 e. The van der Waals surface area contributed by atoms with Gasteiger partial charge in [-0.1, -0.05) is 18.2 Å². The van der Waals surface area contributed by atoms with Crippen molar-refractivity contribution in [2.45, 2.75) is 0 Å². The van der Waals surface area contributed by atoms with Crippen molar-refractivity contribution in [3.8, 4) is 0 Å². The largest absolute Gasteiger partial charge is 0.269 e. The van der Waals surface area contributed by atoms with Gasteiger partial charge in [-0.3, -0.25) is 20.4 Å². The summed E-state index contributed by atoms with van der Waals surface area (Å²) >= 11 is 1.46. The Hall–Kier alpha value is -2.73. The molecule has 3 rings (SSSR count). The number of benzene rings is 2. The quantitative estimate of drug-likeness (QED) is 0.713. The molecule has 0 atom stereocenters. The van der Waals surface area contributed by atoms with Crippen LogP contribution in [0.1, 0.15) is 20.7 Å². The third-order valence-electron chi connectivity index (χ3n) is 2.92. The Balaban J connectivity index is 1.67. The number of carbonyl (C=O) groups is 2. The first-order chi connectivity index (χ1) is 10.2. The van der Waals surface area contributed by atoms with Crippen molar-refractivity contribution in [3.05, 3.63) is 65.2 Å². The average molecular weight is 297 g/mol. The standard InChI is InChI=1S/C15H11N3O2S/c19-14(10-4-2-1-3-5-10)17-18-15(20)11-6-7-12-13(8-11)21-9-16-12/h1-9H,(H,17,19)(H,18,20). The fourth-order valence-electron chi connectivity index (χ4n) is 1.84. The second-order valence-corrected chi connectivity index (χ2v) is 5.20. The van der Waals surface area contributed by atoms with Crippen LogP contribution in [-0.4, -0.2) is 16.8 Å². The van der Waals surface area contributed by atoms with Crippen LogP contribution in [-0.2, 0) is 0 Å². The lowest BCUT2D eigenvalue weighted by molar-refractivity contribution is 0.0847. The summed E-state index contributed by atoms with van der Waals surface area (Å²) in [7, 11) is 0. The van der Waals surface area contributed by atoms with Gasteiger partial charge < -0.3 is 0 Å². The number of carbonyl (C=O) groups excluding carboxylic acids is 2. The van der Waals surface area contributed by atoms with E-state index in [9.17, 15) is 9.59 Å². The van der Waals surface area contributed by atoms with Gasteiger partial charge in [0, 0.05) is 11.1 Å². The van der Waals surface area contributed by atoms with Gasteiger partial charge in [-0.15, -0.1) is 11.3 Å². The third-order valence-corrected chi connectivity index (χ3v) is 3.71. The number of hydrogen-bond donors (Lipinski definition) is 2. The molecule has 104 valence electrons. The van der Waals surface area contributed by atoms with Crippen LogP contribution in [0.5, 0.6) is 0 Å². The molecule has 0 fully saturated rings. The maximum atomic E-state index is 12.0. The molecule has 0 aliphatic rings. The second kappa shape index (κ2) is 5.72. The van der Waals surface area contributed by atoms with Crippen molar-refractivity contribution in [1.29, 1.82) is 0 Å². The number of fused-ring (bicyclic) bond motifs is 1. The molecule has 2 N–H and O–H groups in total. The molecule has 0 unspecified atom stereocenters. The van der Waals surface area contributed by atoms with Crippen LogP contribution in [0.25, 0.3) is 10.2 Å². The number of amides is 2. The van der Waals surface area contributed by atoms with Crippen LogP contribution in [0, 0.1) is 0 Å². The second-order valence-electron chi connectivity index (χ2n) is 4.31. The van der Waals surface area contributed by atoms with E-state index in [1.54, 1.807) is 48.0 Å². The van der Waals surface area contributed by atoms with Gasteiger partial charge in [0.25, 0.3) is 11.8 Å². The van der Waals surface area contributed by atoms with Gasteiger partial charge in [0.1, 0.15) is 0 Å². The van der Waals surface area contributed by atoms with E-state index in [0.717, 1.165) is 10.2 Å². The predicted octanol–water partition coefficient (Wildman–Crippen LogP) is 2.37. The first-order valence-electron chi connectivity index (χ1n) is 6.23. The first-order valence-corrected chi connectivity index (χ1v) is 7.11. The molecule has 1 aromatic heterocycles. The van der Waals surface area contributed by atoms with Gasteiger partial charge in [0.2, 0.25) is 0 Å². The maximum absolute atomic E-state index is 12.0. The molecule has 2 amide bonds. The molecule has 5 nitrogen and oxygen atoms in total. The zero-order valence-electron chi connectivity index (χ0n) is 10.9. The van der Waals surface area contributed by atoms with Crippen LogP contribution < -0.4 is 10.9 Å². The molecule has 0 bridgehead atoms. The molecule has 6 heteroatoms. The minimum absolute atomic E-state index is 0.359. The predicted molar refractivity (Wildman–Crippen MR) is 81.0 cm³/mol. The maximum Gasteiger partial charge on any atom is 0.269 e. The lowest BCUT2D eigenvalue weighted by Gasteiger charge is -2.07. The van der Waals surface area contributed by atoms with Gasteiger partial charge >= 0.3 is 0 Å². The molecule has 2 aromatic carbocycles. The molecule has 0 aliphatic carbocycles. The van der Waals surface area contributed by atoms with Crippen molar-refractivity contribution in [3.63, 3.8) is 0 Å². The molecule has 0 aliphatic heterocycles. The van der Waals surface area contributed by atoms with Crippen molar-refractivity contribution in [1.82, 2.24) is 15.8 Å². The Morgan fingerprint density at radius 1 is 0.905 bits per heavy atom. The summed E-state index contributed by atoms with van der Waals surface area (Å²) < 4.78 is 0.928. The Morgan fingerprint density at radius 2 is 1.62 bits per heavy atom. The van der Waals surface area contributed by atoms with Crippen LogP contribution >= 0.6 is 11.3 Å². The summed E-state index contributed by atoms with van der Waals surface area (Å²) in [6.45, 7) is 0. The first kappa shape index (κ1) is 13.3. The number of nitrogens with one attached hydrogen (secondary N) is 2. The number of hydrazine groups is 1. The highest BCUT2D eigenvalue weighted by molar-refractivity contribution is 7.16. The summed E-state index contributed by atoms with van der Waals surface area (Å²) in [5.74, 6) is -0.725. The average Bonchev–Trinajstić information content (AvgIpc) is 3.00. The summed E-state index contributed by atoms with van der Waals surface area (Å²) in [5, 5.41) is 0. The highest BCUT2D eigenvalue weighted by atomic mass is 32.1. The highest BCUT2D eigenvalue weighted by Gasteiger charge is 2.09. The van der Waals surface area contributed by atoms with Gasteiger partial charge in [-0.05, 0) is 30.3 Å². The number of aromatic nitrogens is 1. The molecule has 0 radical (unpaired) electrons. The zero-order chi connectivity index (χ0) is 14.7. The molecular weight excluding hydrogens is 286 g/mol. The molecule has 0 saturated carbocycles. The zero-order valence-corrected chi connectivity index (χ0v) is 11.7. The van der Waals surface area contributed by atoms with Crippen LogP contribution in [0.15, 0.2) is 54.0 Å². The highest BCUT2D eigenvalue weighted by Crippen LogP contribution is 2.18. The summed E-state index contributed by atoms with van der Waals surface area (Å²) in [6.07, 6.45) is 0. The fraction of sp³-hybridized carbons (Fsp3) is 0. The SMILES string of the molecule is O=C(NNC(=O)c1ccc2ncsc2c1)c1ccccc1. The molecule has 3 aromatic rings. The molecule has 0 saturated heterocycles.